The largest absolute Gasteiger partial charge is 0.465 e. The van der Waals surface area contributed by atoms with E-state index in [-0.39, 0.29) is 28.6 Å². The lowest BCUT2D eigenvalue weighted by Gasteiger charge is -2.21. The van der Waals surface area contributed by atoms with Gasteiger partial charge in [0, 0.05) is 11.3 Å². The summed E-state index contributed by atoms with van der Waals surface area (Å²) in [5.74, 6) is -2.05. The van der Waals surface area contributed by atoms with E-state index in [1.807, 2.05) is 32.9 Å². The molecule has 0 bridgehead atoms. The molecule has 2 rings (SSSR count). The van der Waals surface area contributed by atoms with Gasteiger partial charge in [-0.1, -0.05) is 32.0 Å². The summed E-state index contributed by atoms with van der Waals surface area (Å²) in [6.45, 7) is 5.69. The fourth-order valence-electron chi connectivity index (χ4n) is 3.17. The highest BCUT2D eigenvalue weighted by molar-refractivity contribution is 6.03. The van der Waals surface area contributed by atoms with Gasteiger partial charge in [0.1, 0.15) is 6.04 Å². The smallest absolute Gasteiger partial charge is 0.337 e. The molecule has 32 heavy (non-hydrogen) atoms. The molecule has 8 nitrogen and oxygen atoms in total. The summed E-state index contributed by atoms with van der Waals surface area (Å²) >= 11 is 0. The zero-order valence-electron chi connectivity index (χ0n) is 18.9. The van der Waals surface area contributed by atoms with Crippen molar-refractivity contribution in [2.24, 2.45) is 5.92 Å². The molecule has 0 aliphatic carbocycles. The van der Waals surface area contributed by atoms with Crippen LogP contribution in [0.2, 0.25) is 0 Å². The van der Waals surface area contributed by atoms with Gasteiger partial charge in [0.15, 0.2) is 0 Å². The van der Waals surface area contributed by atoms with E-state index < -0.39 is 23.9 Å². The molecule has 0 saturated heterocycles. The van der Waals surface area contributed by atoms with E-state index in [1.165, 1.54) is 32.4 Å². The van der Waals surface area contributed by atoms with E-state index in [1.54, 1.807) is 12.1 Å². The van der Waals surface area contributed by atoms with E-state index in [0.29, 0.717) is 12.0 Å². The number of ether oxygens (including phenoxy) is 2. The van der Waals surface area contributed by atoms with Gasteiger partial charge >= 0.3 is 11.9 Å². The molecule has 0 fully saturated rings. The first kappa shape index (κ1) is 24.6. The van der Waals surface area contributed by atoms with Gasteiger partial charge in [-0.25, -0.2) is 9.59 Å². The minimum absolute atomic E-state index is 0.0788. The van der Waals surface area contributed by atoms with Crippen molar-refractivity contribution < 1.29 is 28.7 Å². The lowest BCUT2D eigenvalue weighted by molar-refractivity contribution is -0.118. The van der Waals surface area contributed by atoms with Gasteiger partial charge in [-0.05, 0) is 49.1 Å². The van der Waals surface area contributed by atoms with Crippen LogP contribution in [0.5, 0.6) is 0 Å². The van der Waals surface area contributed by atoms with Crippen LogP contribution in [0.1, 0.15) is 56.9 Å². The molecule has 0 unspecified atom stereocenters. The standard InChI is InChI=1S/C24H28N2O6/c1-14(2)10-20(26-21(27)19-9-7-6-8-15(19)3)22(28)25-18-12-16(23(29)31-4)11-17(13-18)24(30)32-5/h6-9,11-14,20H,10H2,1-5H3,(H,25,28)(H,26,27)/t20-/m1/s1. The Balaban J connectivity index is 2.30. The molecular formula is C24H28N2O6. The Kier molecular flexibility index (Phi) is 8.52. The number of benzene rings is 2. The van der Waals surface area contributed by atoms with E-state index in [9.17, 15) is 19.2 Å². The average molecular weight is 440 g/mol. The fraction of sp³-hybridized carbons (Fsp3) is 0.333. The zero-order chi connectivity index (χ0) is 23.8. The first-order valence-corrected chi connectivity index (χ1v) is 10.1. The maximum atomic E-state index is 13.0. The van der Waals surface area contributed by atoms with Crippen LogP contribution in [-0.2, 0) is 14.3 Å². The van der Waals surface area contributed by atoms with Crippen molar-refractivity contribution in [3.8, 4) is 0 Å². The highest BCUT2D eigenvalue weighted by Crippen LogP contribution is 2.18. The quantitative estimate of drug-likeness (QED) is 0.609. The summed E-state index contributed by atoms with van der Waals surface area (Å²) in [5.41, 5.74) is 1.64. The first-order valence-electron chi connectivity index (χ1n) is 10.1. The van der Waals surface area contributed by atoms with Gasteiger partial charge in [0.2, 0.25) is 5.91 Å². The molecular weight excluding hydrogens is 412 g/mol. The molecule has 0 aliphatic heterocycles. The third-order valence-corrected chi connectivity index (χ3v) is 4.76. The van der Waals surface area contributed by atoms with Crippen LogP contribution in [-0.4, -0.2) is 44.0 Å². The second-order valence-corrected chi connectivity index (χ2v) is 7.74. The highest BCUT2D eigenvalue weighted by Gasteiger charge is 2.24. The van der Waals surface area contributed by atoms with Crippen LogP contribution in [0.4, 0.5) is 5.69 Å². The average Bonchev–Trinajstić information content (AvgIpc) is 2.77. The van der Waals surface area contributed by atoms with Gasteiger partial charge in [-0.3, -0.25) is 9.59 Å². The van der Waals surface area contributed by atoms with Crippen LogP contribution in [0.25, 0.3) is 0 Å². The maximum Gasteiger partial charge on any atom is 0.337 e. The summed E-state index contributed by atoms with van der Waals surface area (Å²) in [6, 6.07) is 10.4. The van der Waals surface area contributed by atoms with E-state index in [4.69, 9.17) is 9.47 Å². The number of esters is 2. The Morgan fingerprint density at radius 2 is 1.47 bits per heavy atom. The minimum Gasteiger partial charge on any atom is -0.465 e. The molecule has 0 radical (unpaired) electrons. The second-order valence-electron chi connectivity index (χ2n) is 7.74. The topological polar surface area (TPSA) is 111 Å². The van der Waals surface area contributed by atoms with Crippen LogP contribution in [0.15, 0.2) is 42.5 Å². The van der Waals surface area contributed by atoms with Crippen LogP contribution in [0, 0.1) is 12.8 Å². The van der Waals surface area contributed by atoms with Gasteiger partial charge in [0.25, 0.3) is 5.91 Å². The summed E-state index contributed by atoms with van der Waals surface area (Å²) in [4.78, 5) is 49.8. The maximum absolute atomic E-state index is 13.0. The summed E-state index contributed by atoms with van der Waals surface area (Å²) < 4.78 is 9.43. The molecule has 0 spiro atoms. The first-order chi connectivity index (χ1) is 15.2. The molecule has 1 atom stereocenters. The third kappa shape index (κ3) is 6.41. The minimum atomic E-state index is -0.828. The van der Waals surface area contributed by atoms with Gasteiger partial charge in [-0.15, -0.1) is 0 Å². The van der Waals surface area contributed by atoms with Gasteiger partial charge in [0.05, 0.1) is 25.3 Å². The Hall–Kier alpha value is -3.68. The molecule has 2 aromatic rings. The molecule has 0 heterocycles. The molecule has 0 aromatic heterocycles. The number of hydrogen-bond donors (Lipinski definition) is 2. The van der Waals surface area contributed by atoms with E-state index in [2.05, 4.69) is 10.6 Å². The molecule has 2 amide bonds. The molecule has 2 aromatic carbocycles. The van der Waals surface area contributed by atoms with Crippen molar-refractivity contribution in [2.45, 2.75) is 33.2 Å². The number of rotatable bonds is 8. The summed E-state index contributed by atoms with van der Waals surface area (Å²) in [6.07, 6.45) is 0.393. The molecule has 8 heteroatoms. The molecule has 0 saturated carbocycles. The van der Waals surface area contributed by atoms with Crippen molar-refractivity contribution >= 4 is 29.4 Å². The normalized spacial score (nSPS) is 11.4. The number of hydrogen-bond acceptors (Lipinski definition) is 6. The van der Waals surface area contributed by atoms with Crippen molar-refractivity contribution in [2.75, 3.05) is 19.5 Å². The monoisotopic (exact) mass is 440 g/mol. The van der Waals surface area contributed by atoms with E-state index >= 15 is 0 Å². The van der Waals surface area contributed by atoms with Crippen molar-refractivity contribution in [3.05, 3.63) is 64.7 Å². The molecule has 0 aliphatic rings. The Bertz CT molecular complexity index is 981. The zero-order valence-corrected chi connectivity index (χ0v) is 18.9. The lowest BCUT2D eigenvalue weighted by atomic mass is 10.0. The predicted molar refractivity (Wildman–Crippen MR) is 120 cm³/mol. The number of amides is 2. The van der Waals surface area contributed by atoms with Crippen molar-refractivity contribution in [1.82, 2.24) is 5.32 Å². The number of anilines is 1. The SMILES string of the molecule is COC(=O)c1cc(NC(=O)[C@@H](CC(C)C)NC(=O)c2ccccc2C)cc(C(=O)OC)c1. The van der Waals surface area contributed by atoms with Gasteiger partial charge in [-0.2, -0.15) is 0 Å². The second kappa shape index (κ2) is 11.1. The van der Waals surface area contributed by atoms with Crippen LogP contribution in [0.3, 0.4) is 0 Å². The van der Waals surface area contributed by atoms with Crippen LogP contribution >= 0.6 is 0 Å². The fourth-order valence-corrected chi connectivity index (χ4v) is 3.17. The Morgan fingerprint density at radius 3 is 1.97 bits per heavy atom. The number of carbonyl (C=O) groups excluding carboxylic acids is 4. The number of methoxy groups -OCH3 is 2. The number of nitrogens with one attached hydrogen (secondary N) is 2. The molecule has 2 N–H and O–H groups in total. The number of aryl methyl sites for hydroxylation is 1. The van der Waals surface area contributed by atoms with Gasteiger partial charge < -0.3 is 20.1 Å². The predicted octanol–water partition coefficient (Wildman–Crippen LogP) is 3.35. The highest BCUT2D eigenvalue weighted by atomic mass is 16.5. The van der Waals surface area contributed by atoms with E-state index in [0.717, 1.165) is 5.56 Å². The van der Waals surface area contributed by atoms with Crippen LogP contribution < -0.4 is 10.6 Å². The third-order valence-electron chi connectivity index (χ3n) is 4.76. The lowest BCUT2D eigenvalue weighted by Crippen LogP contribution is -2.44. The number of carbonyl (C=O) groups is 4. The van der Waals surface area contributed by atoms with Crippen molar-refractivity contribution in [1.29, 1.82) is 0 Å². The Morgan fingerprint density at radius 1 is 0.906 bits per heavy atom. The summed E-state index contributed by atoms with van der Waals surface area (Å²) in [7, 11) is 2.43. The van der Waals surface area contributed by atoms with Crippen molar-refractivity contribution in [3.63, 3.8) is 0 Å². The summed E-state index contributed by atoms with van der Waals surface area (Å²) in [5, 5.41) is 5.48. The Labute approximate surface area is 187 Å². The molecule has 170 valence electrons.